The van der Waals surface area contributed by atoms with Crippen molar-refractivity contribution in [1.29, 1.82) is 0 Å². The van der Waals surface area contributed by atoms with Crippen molar-refractivity contribution < 1.29 is 50.1 Å². The highest BCUT2D eigenvalue weighted by atomic mass is 19.4. The molecule has 1 aliphatic carbocycles. The smallest absolute Gasteiger partial charge is 0.493 e. The second kappa shape index (κ2) is 10.5. The largest absolute Gasteiger partial charge is 0.573 e. The molecule has 0 N–H and O–H groups in total. The fourth-order valence-electron chi connectivity index (χ4n) is 3.84. The van der Waals surface area contributed by atoms with Gasteiger partial charge >= 0.3 is 12.7 Å². The topological polar surface area (TPSA) is 54.0 Å². The average Bonchev–Trinajstić information content (AvgIpc) is 2.75. The van der Waals surface area contributed by atoms with Crippen molar-refractivity contribution in [3.8, 4) is 23.0 Å². The molecule has 2 aromatic rings. The van der Waals surface area contributed by atoms with Crippen LogP contribution in [0.25, 0.3) is 12.2 Å². The highest BCUT2D eigenvalue weighted by molar-refractivity contribution is 6.14. The zero-order valence-corrected chi connectivity index (χ0v) is 19.4. The van der Waals surface area contributed by atoms with Crippen LogP contribution in [-0.2, 0) is 4.79 Å². The number of halogens is 6. The van der Waals surface area contributed by atoms with Crippen molar-refractivity contribution in [3.63, 3.8) is 0 Å². The molecule has 0 saturated heterocycles. The summed E-state index contributed by atoms with van der Waals surface area (Å²) < 4.78 is 94.3. The quantitative estimate of drug-likeness (QED) is 0.307. The maximum absolute atomic E-state index is 13.1. The first-order chi connectivity index (χ1) is 16.8. The van der Waals surface area contributed by atoms with Crippen LogP contribution >= 0.6 is 0 Å². The predicted octanol–water partition coefficient (Wildman–Crippen LogP) is 6.97. The lowest BCUT2D eigenvalue weighted by Crippen LogP contribution is -2.19. The zero-order valence-electron chi connectivity index (χ0n) is 19.4. The molecule has 11 heteroatoms. The van der Waals surface area contributed by atoms with E-state index in [9.17, 15) is 31.1 Å². The van der Waals surface area contributed by atoms with E-state index in [1.54, 1.807) is 0 Å². The van der Waals surface area contributed by atoms with Gasteiger partial charge in [0.05, 0.1) is 14.2 Å². The first-order valence-electron chi connectivity index (χ1n) is 10.6. The SMILES string of the molecule is COc1ccc(C=C2CC(C)CC(=Cc3ccc(OC)c(OC(F)(F)F)c3)C2=O)cc1OC(F)(F)F. The van der Waals surface area contributed by atoms with Crippen LogP contribution in [0.5, 0.6) is 23.0 Å². The van der Waals surface area contributed by atoms with Crippen LogP contribution in [0.4, 0.5) is 26.3 Å². The van der Waals surface area contributed by atoms with E-state index in [-0.39, 0.29) is 34.3 Å². The molecule has 2 aromatic carbocycles. The van der Waals surface area contributed by atoms with Crippen LogP contribution < -0.4 is 18.9 Å². The number of hydrogen-bond donors (Lipinski definition) is 0. The number of alkyl halides is 6. The molecular weight excluding hydrogens is 494 g/mol. The number of ether oxygens (including phenoxy) is 4. The van der Waals surface area contributed by atoms with E-state index in [2.05, 4.69) is 9.47 Å². The maximum atomic E-state index is 13.1. The van der Waals surface area contributed by atoms with Gasteiger partial charge in [0.2, 0.25) is 0 Å². The van der Waals surface area contributed by atoms with Gasteiger partial charge < -0.3 is 18.9 Å². The minimum atomic E-state index is -4.93. The van der Waals surface area contributed by atoms with Crippen LogP contribution in [0.2, 0.25) is 0 Å². The second-order valence-electron chi connectivity index (χ2n) is 8.10. The summed E-state index contributed by atoms with van der Waals surface area (Å²) in [4.78, 5) is 13.1. The van der Waals surface area contributed by atoms with E-state index in [1.165, 1.54) is 50.6 Å². The first kappa shape index (κ1) is 27.0. The fraction of sp³-hybridized carbons (Fsp3) is 0.320. The van der Waals surface area contributed by atoms with Crippen molar-refractivity contribution in [3.05, 3.63) is 58.7 Å². The highest BCUT2D eigenvalue weighted by Gasteiger charge is 2.34. The van der Waals surface area contributed by atoms with Crippen molar-refractivity contribution >= 4 is 17.9 Å². The Kier molecular flexibility index (Phi) is 7.90. The molecule has 0 unspecified atom stereocenters. The number of carbonyl (C=O) groups excluding carboxylic acids is 1. The van der Waals surface area contributed by atoms with Crippen molar-refractivity contribution in [2.75, 3.05) is 14.2 Å². The van der Waals surface area contributed by atoms with Crippen LogP contribution in [0.1, 0.15) is 30.9 Å². The molecule has 1 saturated carbocycles. The van der Waals surface area contributed by atoms with Gasteiger partial charge in [0.15, 0.2) is 28.8 Å². The standard InChI is InChI=1S/C25H22F6O5/c1-14-8-17(10-15-4-6-19(33-2)21(12-15)35-24(26,27)28)23(32)18(9-14)11-16-5-7-20(34-3)22(13-16)36-25(29,30)31/h4-7,10-14H,8-9H2,1-3H3. The molecule has 1 aliphatic rings. The first-order valence-corrected chi connectivity index (χ1v) is 10.6. The normalized spacial score (nSPS) is 18.9. The summed E-state index contributed by atoms with van der Waals surface area (Å²) in [5.41, 5.74) is 1.25. The van der Waals surface area contributed by atoms with Crippen LogP contribution in [0.15, 0.2) is 47.5 Å². The molecule has 0 aliphatic heterocycles. The van der Waals surface area contributed by atoms with Crippen molar-refractivity contribution in [2.24, 2.45) is 5.92 Å². The second-order valence-corrected chi connectivity index (χ2v) is 8.10. The Morgan fingerprint density at radius 1 is 0.722 bits per heavy atom. The Morgan fingerprint density at radius 2 is 1.11 bits per heavy atom. The minimum absolute atomic E-state index is 0.00603. The number of benzene rings is 2. The van der Waals surface area contributed by atoms with Gasteiger partial charge in [-0.3, -0.25) is 4.79 Å². The third-order valence-corrected chi connectivity index (χ3v) is 5.23. The molecule has 5 nitrogen and oxygen atoms in total. The zero-order chi connectivity index (χ0) is 26.7. The molecular formula is C25H22F6O5. The van der Waals surface area contributed by atoms with E-state index in [0.717, 1.165) is 12.1 Å². The van der Waals surface area contributed by atoms with Gasteiger partial charge in [-0.05, 0) is 66.3 Å². The molecule has 0 spiro atoms. The molecule has 0 radical (unpaired) electrons. The molecule has 0 heterocycles. The summed E-state index contributed by atoms with van der Waals surface area (Å²) in [7, 11) is 2.40. The number of Topliss-reactive ketones (excluding diaryl/α,β-unsaturated/α-hetero) is 1. The van der Waals surface area contributed by atoms with Gasteiger partial charge in [-0.15, -0.1) is 26.3 Å². The lowest BCUT2D eigenvalue weighted by atomic mass is 9.81. The molecule has 0 amide bonds. The lowest BCUT2D eigenvalue weighted by Gasteiger charge is -2.23. The number of carbonyl (C=O) groups is 1. The fourth-order valence-corrected chi connectivity index (χ4v) is 3.84. The summed E-state index contributed by atoms with van der Waals surface area (Å²) in [5, 5.41) is 0. The number of allylic oxidation sites excluding steroid dienone is 2. The maximum Gasteiger partial charge on any atom is 0.573 e. The molecule has 1 fully saturated rings. The Bertz CT molecular complexity index is 1090. The Hall–Kier alpha value is -3.63. The van der Waals surface area contributed by atoms with Gasteiger partial charge in [-0.2, -0.15) is 0 Å². The van der Waals surface area contributed by atoms with Crippen LogP contribution in [0, 0.1) is 5.92 Å². The Labute approximate surface area is 202 Å². The van der Waals surface area contributed by atoms with E-state index in [1.807, 2.05) is 6.92 Å². The molecule has 0 bridgehead atoms. The average molecular weight is 516 g/mol. The summed E-state index contributed by atoms with van der Waals surface area (Å²) in [6.45, 7) is 1.88. The van der Waals surface area contributed by atoms with Gasteiger partial charge in [-0.1, -0.05) is 19.1 Å². The van der Waals surface area contributed by atoms with Gasteiger partial charge in [-0.25, -0.2) is 0 Å². The van der Waals surface area contributed by atoms with E-state index >= 15 is 0 Å². The van der Waals surface area contributed by atoms with E-state index < -0.39 is 24.2 Å². The van der Waals surface area contributed by atoms with Gasteiger partial charge in [0.25, 0.3) is 0 Å². The summed E-state index contributed by atoms with van der Waals surface area (Å²) in [6, 6.07) is 7.77. The van der Waals surface area contributed by atoms with Crippen molar-refractivity contribution in [2.45, 2.75) is 32.5 Å². The third kappa shape index (κ3) is 7.19. The van der Waals surface area contributed by atoms with E-state index in [4.69, 9.17) is 9.47 Å². The third-order valence-electron chi connectivity index (χ3n) is 5.23. The molecule has 36 heavy (non-hydrogen) atoms. The number of hydrogen-bond acceptors (Lipinski definition) is 5. The molecule has 0 aromatic heterocycles. The van der Waals surface area contributed by atoms with Crippen molar-refractivity contribution in [1.82, 2.24) is 0 Å². The van der Waals surface area contributed by atoms with Crippen LogP contribution in [-0.4, -0.2) is 32.7 Å². The monoisotopic (exact) mass is 516 g/mol. The number of ketones is 1. The molecule has 3 rings (SSSR count). The number of methoxy groups -OCH3 is 2. The lowest BCUT2D eigenvalue weighted by molar-refractivity contribution is -0.276. The highest BCUT2D eigenvalue weighted by Crippen LogP contribution is 2.37. The minimum Gasteiger partial charge on any atom is -0.493 e. The number of rotatable bonds is 6. The Morgan fingerprint density at radius 3 is 1.44 bits per heavy atom. The van der Waals surface area contributed by atoms with Gasteiger partial charge in [0.1, 0.15) is 0 Å². The van der Waals surface area contributed by atoms with Crippen LogP contribution in [0.3, 0.4) is 0 Å². The molecule has 0 atom stereocenters. The molecule has 194 valence electrons. The summed E-state index contributed by atoms with van der Waals surface area (Å²) in [5.74, 6) is -1.74. The summed E-state index contributed by atoms with van der Waals surface area (Å²) >= 11 is 0. The van der Waals surface area contributed by atoms with E-state index in [0.29, 0.717) is 24.0 Å². The predicted molar refractivity (Wildman–Crippen MR) is 119 cm³/mol. The van der Waals surface area contributed by atoms with Gasteiger partial charge in [0, 0.05) is 11.1 Å². The summed E-state index contributed by atoms with van der Waals surface area (Å²) in [6.07, 6.45) is -6.22. The Balaban J connectivity index is 1.95.